The van der Waals surface area contributed by atoms with E-state index in [1.807, 2.05) is 31.2 Å². The maximum atomic E-state index is 11.1. The summed E-state index contributed by atoms with van der Waals surface area (Å²) in [6, 6.07) is 9.53. The first kappa shape index (κ1) is 12.7. The molecule has 1 amide bonds. The van der Waals surface area contributed by atoms with E-state index < -0.39 is 5.91 Å². The highest BCUT2D eigenvalue weighted by Gasteiger charge is 2.11. The molecule has 0 unspecified atom stereocenters. The monoisotopic (exact) mass is 264 g/mol. The number of aryl methyl sites for hydroxylation is 1. The van der Waals surface area contributed by atoms with Crippen LogP contribution in [0.2, 0.25) is 0 Å². The summed E-state index contributed by atoms with van der Waals surface area (Å²) >= 11 is 1.60. The fourth-order valence-corrected chi connectivity index (χ4v) is 2.32. The van der Waals surface area contributed by atoms with E-state index in [-0.39, 0.29) is 5.69 Å². The van der Waals surface area contributed by atoms with Crippen LogP contribution in [0.1, 0.15) is 21.8 Å². The average Bonchev–Trinajstić information content (AvgIpc) is 2.86. The van der Waals surface area contributed by atoms with Crippen molar-refractivity contribution < 1.29 is 14.5 Å². The lowest BCUT2D eigenvalue weighted by Gasteiger charge is -2.02. The maximum absolute atomic E-state index is 11.1. The molecule has 94 valence electrons. The van der Waals surface area contributed by atoms with Crippen molar-refractivity contribution in [3.8, 4) is 0 Å². The molecule has 0 saturated carbocycles. The minimum Gasteiger partial charge on any atom is -0.360 e. The van der Waals surface area contributed by atoms with E-state index in [2.05, 4.69) is 5.16 Å². The number of rotatable bonds is 4. The van der Waals surface area contributed by atoms with Gasteiger partial charge in [0.1, 0.15) is 5.76 Å². The Bertz CT molecular complexity index is 554. The molecule has 1 aromatic heterocycles. The number of hydrogen-bond acceptors (Lipinski definition) is 5. The summed E-state index contributed by atoms with van der Waals surface area (Å²) in [5, 5.41) is 12.0. The number of aromatic nitrogens is 1. The van der Waals surface area contributed by atoms with Gasteiger partial charge in [-0.2, -0.15) is 0 Å². The third kappa shape index (κ3) is 2.91. The number of nitrogens with one attached hydrogen (secondary N) is 1. The van der Waals surface area contributed by atoms with Crippen LogP contribution >= 0.6 is 11.8 Å². The molecule has 0 atom stereocenters. The normalized spacial score (nSPS) is 10.3. The molecule has 0 bridgehead atoms. The van der Waals surface area contributed by atoms with E-state index in [4.69, 9.17) is 9.73 Å². The summed E-state index contributed by atoms with van der Waals surface area (Å²) in [6.45, 7) is 2.04. The lowest BCUT2D eigenvalue weighted by atomic mass is 10.2. The summed E-state index contributed by atoms with van der Waals surface area (Å²) in [6.07, 6.45) is 0. The zero-order valence-electron chi connectivity index (χ0n) is 9.71. The number of hydrogen-bond donors (Lipinski definition) is 2. The van der Waals surface area contributed by atoms with E-state index >= 15 is 0 Å². The van der Waals surface area contributed by atoms with Crippen LogP contribution in [-0.2, 0) is 5.75 Å². The van der Waals surface area contributed by atoms with Crippen LogP contribution in [0, 0.1) is 6.92 Å². The molecule has 2 rings (SSSR count). The Morgan fingerprint density at radius 1 is 1.50 bits per heavy atom. The highest BCUT2D eigenvalue weighted by Crippen LogP contribution is 2.25. The number of amides is 1. The largest absolute Gasteiger partial charge is 0.360 e. The fraction of sp³-hybridized carbons (Fsp3) is 0.167. The first-order chi connectivity index (χ1) is 8.70. The van der Waals surface area contributed by atoms with Gasteiger partial charge in [0.15, 0.2) is 5.69 Å². The first-order valence-corrected chi connectivity index (χ1v) is 6.27. The number of thioether (sulfide) groups is 1. The van der Waals surface area contributed by atoms with Gasteiger partial charge in [0.25, 0.3) is 5.91 Å². The minimum atomic E-state index is -0.675. The van der Waals surface area contributed by atoms with E-state index in [9.17, 15) is 4.79 Å². The lowest BCUT2D eigenvalue weighted by molar-refractivity contribution is 0.0696. The highest BCUT2D eigenvalue weighted by atomic mass is 32.2. The second kappa shape index (κ2) is 5.70. The Hall–Kier alpha value is -1.79. The molecule has 0 aliphatic rings. The quantitative estimate of drug-likeness (QED) is 0.504. The summed E-state index contributed by atoms with van der Waals surface area (Å²) in [5.74, 6) is 0.490. The third-order valence-electron chi connectivity index (χ3n) is 2.36. The molecule has 2 aromatic rings. The SMILES string of the molecule is Cc1ccccc1SCc1cc(C(=O)NO)no1. The molecule has 0 spiro atoms. The molecule has 6 heteroatoms. The van der Waals surface area contributed by atoms with Crippen LogP contribution in [0.25, 0.3) is 0 Å². The standard InChI is InChI=1S/C12H12N2O3S/c1-8-4-2-3-5-11(8)18-7-9-6-10(14-17-9)12(15)13-16/h2-6,16H,7H2,1H3,(H,13,15). The highest BCUT2D eigenvalue weighted by molar-refractivity contribution is 7.98. The van der Waals surface area contributed by atoms with Gasteiger partial charge in [-0.25, -0.2) is 5.48 Å². The van der Waals surface area contributed by atoms with Crippen molar-refractivity contribution in [1.29, 1.82) is 0 Å². The van der Waals surface area contributed by atoms with Gasteiger partial charge in [-0.15, -0.1) is 11.8 Å². The predicted octanol–water partition coefficient (Wildman–Crippen LogP) is 2.39. The molecule has 1 heterocycles. The molecule has 0 fully saturated rings. The van der Waals surface area contributed by atoms with Crippen LogP contribution in [0.3, 0.4) is 0 Å². The van der Waals surface area contributed by atoms with Crippen LogP contribution < -0.4 is 5.48 Å². The number of hydroxylamine groups is 1. The van der Waals surface area contributed by atoms with E-state index in [0.717, 1.165) is 4.90 Å². The van der Waals surface area contributed by atoms with Crippen LogP contribution in [-0.4, -0.2) is 16.3 Å². The molecule has 2 N–H and O–H groups in total. The third-order valence-corrected chi connectivity index (χ3v) is 3.55. The number of carbonyl (C=O) groups excluding carboxylic acids is 1. The first-order valence-electron chi connectivity index (χ1n) is 5.29. The van der Waals surface area contributed by atoms with Gasteiger partial charge in [0, 0.05) is 11.0 Å². The van der Waals surface area contributed by atoms with Crippen LogP contribution in [0.15, 0.2) is 39.8 Å². The Morgan fingerprint density at radius 3 is 3.00 bits per heavy atom. The molecular formula is C12H12N2O3S. The smallest absolute Gasteiger partial charge is 0.296 e. The molecular weight excluding hydrogens is 252 g/mol. The van der Waals surface area contributed by atoms with Gasteiger partial charge in [-0.3, -0.25) is 10.0 Å². The Kier molecular flexibility index (Phi) is 4.01. The zero-order chi connectivity index (χ0) is 13.0. The van der Waals surface area contributed by atoms with Gasteiger partial charge in [0.2, 0.25) is 0 Å². The van der Waals surface area contributed by atoms with Crippen molar-refractivity contribution in [3.05, 3.63) is 47.3 Å². The van der Waals surface area contributed by atoms with Gasteiger partial charge >= 0.3 is 0 Å². The Labute approximate surface area is 108 Å². The average molecular weight is 264 g/mol. The summed E-state index contributed by atoms with van der Waals surface area (Å²) in [4.78, 5) is 12.2. The van der Waals surface area contributed by atoms with Gasteiger partial charge in [0.05, 0.1) is 5.75 Å². The lowest BCUT2D eigenvalue weighted by Crippen LogP contribution is -2.18. The van der Waals surface area contributed by atoms with Gasteiger partial charge in [-0.1, -0.05) is 23.4 Å². The summed E-state index contributed by atoms with van der Waals surface area (Å²) < 4.78 is 5.01. The van der Waals surface area contributed by atoms with Crippen molar-refractivity contribution in [2.75, 3.05) is 0 Å². The Balaban J connectivity index is 2.01. The molecule has 0 aliphatic carbocycles. The predicted molar refractivity (Wildman–Crippen MR) is 66.5 cm³/mol. The number of carbonyl (C=O) groups is 1. The van der Waals surface area contributed by atoms with E-state index in [1.54, 1.807) is 11.8 Å². The van der Waals surface area contributed by atoms with Crippen molar-refractivity contribution in [1.82, 2.24) is 10.6 Å². The van der Waals surface area contributed by atoms with Gasteiger partial charge < -0.3 is 4.52 Å². The molecule has 0 saturated heterocycles. The summed E-state index contributed by atoms with van der Waals surface area (Å²) in [7, 11) is 0. The topological polar surface area (TPSA) is 75.4 Å². The summed E-state index contributed by atoms with van der Waals surface area (Å²) in [5.41, 5.74) is 2.77. The zero-order valence-corrected chi connectivity index (χ0v) is 10.5. The van der Waals surface area contributed by atoms with Crippen LogP contribution in [0.4, 0.5) is 0 Å². The van der Waals surface area contributed by atoms with E-state index in [1.165, 1.54) is 17.1 Å². The van der Waals surface area contributed by atoms with Crippen molar-refractivity contribution >= 4 is 17.7 Å². The number of benzene rings is 1. The molecule has 0 radical (unpaired) electrons. The van der Waals surface area contributed by atoms with Crippen molar-refractivity contribution in [3.63, 3.8) is 0 Å². The molecule has 5 nitrogen and oxygen atoms in total. The second-order valence-electron chi connectivity index (χ2n) is 3.67. The van der Waals surface area contributed by atoms with Gasteiger partial charge in [-0.05, 0) is 18.6 Å². The Morgan fingerprint density at radius 2 is 2.28 bits per heavy atom. The molecule has 0 aliphatic heterocycles. The molecule has 18 heavy (non-hydrogen) atoms. The number of nitrogens with zero attached hydrogens (tertiary/aromatic N) is 1. The van der Waals surface area contributed by atoms with E-state index in [0.29, 0.717) is 11.5 Å². The maximum Gasteiger partial charge on any atom is 0.296 e. The molecule has 1 aromatic carbocycles. The second-order valence-corrected chi connectivity index (χ2v) is 4.69. The van der Waals surface area contributed by atoms with Crippen molar-refractivity contribution in [2.24, 2.45) is 0 Å². The van der Waals surface area contributed by atoms with Crippen molar-refractivity contribution in [2.45, 2.75) is 17.6 Å². The fourth-order valence-electron chi connectivity index (χ4n) is 1.41. The van der Waals surface area contributed by atoms with Crippen LogP contribution in [0.5, 0.6) is 0 Å². The minimum absolute atomic E-state index is 0.0675.